The Kier molecular flexibility index (Phi) is 5.49. The molecular formula is C17H34N2O. The van der Waals surface area contributed by atoms with Crippen LogP contribution in [-0.2, 0) is 0 Å². The van der Waals surface area contributed by atoms with Crippen LogP contribution in [0.4, 0.5) is 0 Å². The minimum atomic E-state index is -0.154. The van der Waals surface area contributed by atoms with Crippen molar-refractivity contribution in [3.63, 3.8) is 0 Å². The molecule has 3 nitrogen and oxygen atoms in total. The molecule has 1 saturated carbocycles. The number of hydrogen-bond donors (Lipinski definition) is 2. The molecule has 2 rings (SSSR count). The van der Waals surface area contributed by atoms with Gasteiger partial charge in [-0.15, -0.1) is 0 Å². The second kappa shape index (κ2) is 6.76. The fourth-order valence-corrected chi connectivity index (χ4v) is 4.68. The van der Waals surface area contributed by atoms with Crippen LogP contribution in [-0.4, -0.2) is 46.8 Å². The summed E-state index contributed by atoms with van der Waals surface area (Å²) in [4.78, 5) is 2.75. The third kappa shape index (κ3) is 3.75. The number of nitrogens with one attached hydrogen (secondary N) is 1. The van der Waals surface area contributed by atoms with E-state index in [1.54, 1.807) is 0 Å². The number of aliphatic hydroxyl groups excluding tert-OH is 1. The van der Waals surface area contributed by atoms with E-state index >= 15 is 0 Å². The molecule has 0 bridgehead atoms. The lowest BCUT2D eigenvalue weighted by atomic mass is 9.87. The zero-order chi connectivity index (χ0) is 14.8. The first-order valence-electron chi connectivity index (χ1n) is 8.59. The molecule has 0 aromatic rings. The van der Waals surface area contributed by atoms with E-state index in [9.17, 15) is 5.11 Å². The van der Waals surface area contributed by atoms with Crippen LogP contribution in [0.5, 0.6) is 0 Å². The van der Waals surface area contributed by atoms with Crippen LogP contribution >= 0.6 is 0 Å². The van der Waals surface area contributed by atoms with Crippen molar-refractivity contribution in [2.45, 2.75) is 89.9 Å². The van der Waals surface area contributed by atoms with Gasteiger partial charge in [0, 0.05) is 23.7 Å². The Labute approximate surface area is 125 Å². The lowest BCUT2D eigenvalue weighted by Crippen LogP contribution is -2.55. The van der Waals surface area contributed by atoms with E-state index in [4.69, 9.17) is 0 Å². The Hall–Kier alpha value is -0.120. The number of aliphatic hydroxyl groups is 1. The van der Waals surface area contributed by atoms with Gasteiger partial charge in [-0.2, -0.15) is 0 Å². The van der Waals surface area contributed by atoms with Gasteiger partial charge in [0.2, 0.25) is 0 Å². The van der Waals surface area contributed by atoms with Crippen molar-refractivity contribution in [1.29, 1.82) is 0 Å². The van der Waals surface area contributed by atoms with Crippen molar-refractivity contribution in [3.8, 4) is 0 Å². The maximum absolute atomic E-state index is 9.79. The lowest BCUT2D eigenvalue weighted by molar-refractivity contribution is 0.0451. The summed E-state index contributed by atoms with van der Waals surface area (Å²) in [5, 5.41) is 13.3. The van der Waals surface area contributed by atoms with Crippen LogP contribution < -0.4 is 5.32 Å². The molecule has 1 saturated heterocycles. The monoisotopic (exact) mass is 282 g/mol. The van der Waals surface area contributed by atoms with Gasteiger partial charge in [-0.1, -0.05) is 20.3 Å². The van der Waals surface area contributed by atoms with E-state index in [0.29, 0.717) is 12.1 Å². The van der Waals surface area contributed by atoms with Gasteiger partial charge in [-0.3, -0.25) is 4.90 Å². The molecule has 118 valence electrons. The van der Waals surface area contributed by atoms with Crippen molar-refractivity contribution in [1.82, 2.24) is 10.2 Å². The first-order chi connectivity index (χ1) is 9.45. The highest BCUT2D eigenvalue weighted by molar-refractivity contribution is 4.95. The summed E-state index contributed by atoms with van der Waals surface area (Å²) in [5.41, 5.74) is -0.154. The van der Waals surface area contributed by atoms with Gasteiger partial charge >= 0.3 is 0 Å². The molecule has 0 aromatic carbocycles. The van der Waals surface area contributed by atoms with E-state index in [-0.39, 0.29) is 12.1 Å². The topological polar surface area (TPSA) is 35.5 Å². The number of nitrogens with zero attached hydrogens (tertiary/aromatic N) is 1. The molecule has 1 aliphatic heterocycles. The molecule has 0 amide bonds. The van der Waals surface area contributed by atoms with Gasteiger partial charge in [-0.05, 0) is 58.4 Å². The Morgan fingerprint density at radius 2 is 1.90 bits per heavy atom. The molecular weight excluding hydrogens is 248 g/mol. The van der Waals surface area contributed by atoms with Gasteiger partial charge in [0.15, 0.2) is 0 Å². The first kappa shape index (κ1) is 16.3. The van der Waals surface area contributed by atoms with Gasteiger partial charge in [-0.25, -0.2) is 0 Å². The van der Waals surface area contributed by atoms with Crippen LogP contribution in [0.3, 0.4) is 0 Å². The van der Waals surface area contributed by atoms with E-state index in [1.165, 1.54) is 38.6 Å². The van der Waals surface area contributed by atoms with Crippen LogP contribution in [0.15, 0.2) is 0 Å². The second-order valence-electron chi connectivity index (χ2n) is 7.71. The SMILES string of the molecule is CC(C)NC(C)(CO)CC(C)N1CCCC2CCCC21. The highest BCUT2D eigenvalue weighted by atomic mass is 16.3. The fourth-order valence-electron chi connectivity index (χ4n) is 4.68. The van der Waals surface area contributed by atoms with E-state index < -0.39 is 0 Å². The molecule has 4 unspecified atom stereocenters. The Balaban J connectivity index is 1.97. The summed E-state index contributed by atoms with van der Waals surface area (Å²) in [6.07, 6.45) is 8.08. The van der Waals surface area contributed by atoms with Crippen LogP contribution in [0, 0.1) is 5.92 Å². The van der Waals surface area contributed by atoms with E-state index in [2.05, 4.69) is 37.9 Å². The van der Waals surface area contributed by atoms with E-state index in [1.807, 2.05) is 0 Å². The predicted molar refractivity (Wildman–Crippen MR) is 84.9 cm³/mol. The number of rotatable bonds is 6. The zero-order valence-electron chi connectivity index (χ0n) is 13.9. The van der Waals surface area contributed by atoms with E-state index in [0.717, 1.165) is 18.4 Å². The molecule has 3 heteroatoms. The zero-order valence-corrected chi connectivity index (χ0v) is 13.9. The number of fused-ring (bicyclic) bond motifs is 1. The molecule has 2 fully saturated rings. The maximum Gasteiger partial charge on any atom is 0.0611 e. The minimum absolute atomic E-state index is 0.154. The van der Waals surface area contributed by atoms with Crippen molar-refractivity contribution in [2.75, 3.05) is 13.2 Å². The molecule has 0 aromatic heterocycles. The van der Waals surface area contributed by atoms with Gasteiger partial charge < -0.3 is 10.4 Å². The molecule has 1 aliphatic carbocycles. The summed E-state index contributed by atoms with van der Waals surface area (Å²) >= 11 is 0. The van der Waals surface area contributed by atoms with Crippen molar-refractivity contribution in [3.05, 3.63) is 0 Å². The summed E-state index contributed by atoms with van der Waals surface area (Å²) in [7, 11) is 0. The summed E-state index contributed by atoms with van der Waals surface area (Å²) in [6.45, 7) is 10.3. The van der Waals surface area contributed by atoms with Crippen molar-refractivity contribution < 1.29 is 5.11 Å². The first-order valence-corrected chi connectivity index (χ1v) is 8.59. The quantitative estimate of drug-likeness (QED) is 0.786. The summed E-state index contributed by atoms with van der Waals surface area (Å²) in [5.74, 6) is 0.949. The lowest BCUT2D eigenvalue weighted by Gasteiger charge is -2.44. The van der Waals surface area contributed by atoms with Gasteiger partial charge in [0.1, 0.15) is 0 Å². The van der Waals surface area contributed by atoms with Crippen LogP contribution in [0.25, 0.3) is 0 Å². The van der Waals surface area contributed by atoms with Crippen LogP contribution in [0.1, 0.15) is 66.2 Å². The smallest absolute Gasteiger partial charge is 0.0611 e. The Morgan fingerprint density at radius 1 is 1.20 bits per heavy atom. The minimum Gasteiger partial charge on any atom is -0.394 e. The Morgan fingerprint density at radius 3 is 2.55 bits per heavy atom. The molecule has 0 spiro atoms. The van der Waals surface area contributed by atoms with Crippen molar-refractivity contribution in [2.24, 2.45) is 5.92 Å². The normalized spacial score (nSPS) is 32.1. The summed E-state index contributed by atoms with van der Waals surface area (Å²) < 4.78 is 0. The second-order valence-corrected chi connectivity index (χ2v) is 7.71. The average molecular weight is 282 g/mol. The largest absolute Gasteiger partial charge is 0.394 e. The predicted octanol–water partition coefficient (Wildman–Crippen LogP) is 2.78. The van der Waals surface area contributed by atoms with Crippen molar-refractivity contribution >= 4 is 0 Å². The third-order valence-electron chi connectivity index (χ3n) is 5.33. The highest BCUT2D eigenvalue weighted by Gasteiger charge is 2.38. The third-order valence-corrected chi connectivity index (χ3v) is 5.33. The number of piperidine rings is 1. The summed E-state index contributed by atoms with van der Waals surface area (Å²) in [6, 6.07) is 1.80. The molecule has 2 aliphatic rings. The van der Waals surface area contributed by atoms with Crippen LogP contribution in [0.2, 0.25) is 0 Å². The maximum atomic E-state index is 9.79. The molecule has 1 heterocycles. The Bertz CT molecular complexity index is 307. The standard InChI is InChI=1S/C17H34N2O/c1-13(2)18-17(4,12-20)11-14(3)19-10-6-8-15-7-5-9-16(15)19/h13-16,18,20H,5-12H2,1-4H3. The molecule has 0 radical (unpaired) electrons. The number of hydrogen-bond acceptors (Lipinski definition) is 3. The number of likely N-dealkylation sites (tertiary alicyclic amines) is 1. The molecule has 4 atom stereocenters. The average Bonchev–Trinajstić information content (AvgIpc) is 2.85. The molecule has 2 N–H and O–H groups in total. The highest BCUT2D eigenvalue weighted by Crippen LogP contribution is 2.38. The van der Waals surface area contributed by atoms with Gasteiger partial charge in [0.25, 0.3) is 0 Å². The van der Waals surface area contributed by atoms with Gasteiger partial charge in [0.05, 0.1) is 6.61 Å². The molecule has 20 heavy (non-hydrogen) atoms. The fraction of sp³-hybridized carbons (Fsp3) is 1.00.